The van der Waals surface area contributed by atoms with Crippen LogP contribution >= 0.6 is 0 Å². The monoisotopic (exact) mass is 424 g/mol. The Morgan fingerprint density at radius 1 is 1.16 bits per heavy atom. The van der Waals surface area contributed by atoms with E-state index < -0.39 is 11.6 Å². The number of fused-ring (bicyclic) bond motifs is 1. The van der Waals surface area contributed by atoms with Crippen LogP contribution in [0.1, 0.15) is 48.2 Å². The molecule has 162 valence electrons. The van der Waals surface area contributed by atoms with E-state index in [1.165, 1.54) is 12.5 Å². The lowest BCUT2D eigenvalue weighted by molar-refractivity contribution is 0.0919. The minimum atomic E-state index is -0.518. The molecule has 0 radical (unpaired) electrons. The number of carbonyl (C=O) groups is 1. The molecule has 1 aromatic heterocycles. The summed E-state index contributed by atoms with van der Waals surface area (Å²) in [7, 11) is 0. The second kappa shape index (κ2) is 9.33. The van der Waals surface area contributed by atoms with Gasteiger partial charge < -0.3 is 14.6 Å². The summed E-state index contributed by atoms with van der Waals surface area (Å²) in [5.41, 5.74) is 1.31. The minimum Gasteiger partial charge on any atom is -0.489 e. The number of hydrogen-bond acceptors (Lipinski definition) is 2. The van der Waals surface area contributed by atoms with Gasteiger partial charge in [-0.2, -0.15) is 0 Å². The average Bonchev–Trinajstić information content (AvgIpc) is 3.15. The number of aromatic nitrogens is 1. The molecule has 0 aliphatic heterocycles. The molecule has 2 aromatic carbocycles. The van der Waals surface area contributed by atoms with Gasteiger partial charge in [-0.05, 0) is 49.2 Å². The molecule has 4 nitrogen and oxygen atoms in total. The Labute approximate surface area is 180 Å². The first-order valence-corrected chi connectivity index (χ1v) is 10.7. The molecule has 1 aliphatic rings. The van der Waals surface area contributed by atoms with E-state index >= 15 is 0 Å². The molecule has 6 heteroatoms. The van der Waals surface area contributed by atoms with Crippen molar-refractivity contribution in [2.75, 3.05) is 6.61 Å². The van der Waals surface area contributed by atoms with Gasteiger partial charge in [0.25, 0.3) is 5.91 Å². The largest absolute Gasteiger partial charge is 0.489 e. The molecule has 0 unspecified atom stereocenters. The van der Waals surface area contributed by atoms with Crippen molar-refractivity contribution in [2.45, 2.75) is 44.7 Å². The van der Waals surface area contributed by atoms with E-state index in [2.05, 4.69) is 11.9 Å². The summed E-state index contributed by atoms with van der Waals surface area (Å²) in [5, 5.41) is 3.87. The van der Waals surface area contributed by atoms with Crippen molar-refractivity contribution in [3.8, 4) is 5.75 Å². The van der Waals surface area contributed by atoms with Crippen LogP contribution in [0.15, 0.2) is 55.1 Å². The second-order valence-electron chi connectivity index (χ2n) is 7.95. The third kappa shape index (κ3) is 4.63. The predicted octanol–water partition coefficient (Wildman–Crippen LogP) is 5.60. The fourth-order valence-corrected chi connectivity index (χ4v) is 4.23. The van der Waals surface area contributed by atoms with E-state index in [-0.39, 0.29) is 24.1 Å². The van der Waals surface area contributed by atoms with Gasteiger partial charge in [-0.25, -0.2) is 8.78 Å². The number of nitrogens with one attached hydrogen (secondary N) is 1. The standard InChI is InChI=1S/C25H26F2N2O2/c1-2-13-31-24-10-6-9-22-20(24)15-23(25(30)28-19-7-4-3-5-8-19)29(22)16-17-14-18(26)11-12-21(17)27/h2,6,9-12,14-15,19H,1,3-5,7-8,13,16H2,(H,28,30). The lowest BCUT2D eigenvalue weighted by Crippen LogP contribution is -2.37. The molecule has 0 bridgehead atoms. The summed E-state index contributed by atoms with van der Waals surface area (Å²) in [5.74, 6) is -0.630. The summed E-state index contributed by atoms with van der Waals surface area (Å²) in [6, 6.07) is 10.8. The van der Waals surface area contributed by atoms with Crippen LogP contribution in [0.3, 0.4) is 0 Å². The number of ether oxygens (including phenoxy) is 1. The van der Waals surface area contributed by atoms with Crippen molar-refractivity contribution < 1.29 is 18.3 Å². The Morgan fingerprint density at radius 3 is 2.74 bits per heavy atom. The van der Waals surface area contributed by atoms with E-state index in [1.807, 2.05) is 18.2 Å². The maximum absolute atomic E-state index is 14.4. The highest BCUT2D eigenvalue weighted by Gasteiger charge is 2.22. The highest BCUT2D eigenvalue weighted by atomic mass is 19.1. The van der Waals surface area contributed by atoms with Crippen LogP contribution in [0.2, 0.25) is 0 Å². The fourth-order valence-electron chi connectivity index (χ4n) is 4.23. The zero-order chi connectivity index (χ0) is 21.8. The van der Waals surface area contributed by atoms with Gasteiger partial charge in [-0.1, -0.05) is 38.0 Å². The van der Waals surface area contributed by atoms with Crippen molar-refractivity contribution in [3.63, 3.8) is 0 Å². The van der Waals surface area contributed by atoms with Gasteiger partial charge in [0.15, 0.2) is 0 Å². The lowest BCUT2D eigenvalue weighted by atomic mass is 9.95. The van der Waals surface area contributed by atoms with Crippen molar-refractivity contribution in [3.05, 3.63) is 78.0 Å². The molecule has 1 heterocycles. The van der Waals surface area contributed by atoms with Gasteiger partial charge in [0.1, 0.15) is 29.7 Å². The number of amides is 1. The average molecular weight is 424 g/mol. The van der Waals surface area contributed by atoms with Crippen molar-refractivity contribution >= 4 is 16.8 Å². The summed E-state index contributed by atoms with van der Waals surface area (Å²) in [6.45, 7) is 4.03. The van der Waals surface area contributed by atoms with E-state index in [1.54, 1.807) is 16.7 Å². The molecule has 0 spiro atoms. The van der Waals surface area contributed by atoms with Crippen molar-refractivity contribution in [1.82, 2.24) is 9.88 Å². The van der Waals surface area contributed by atoms with Crippen LogP contribution in [0.25, 0.3) is 10.9 Å². The maximum atomic E-state index is 14.4. The lowest BCUT2D eigenvalue weighted by Gasteiger charge is -2.23. The Kier molecular flexibility index (Phi) is 6.35. The van der Waals surface area contributed by atoms with Gasteiger partial charge in [-0.15, -0.1) is 0 Å². The van der Waals surface area contributed by atoms with Gasteiger partial charge in [0, 0.05) is 17.0 Å². The number of carbonyl (C=O) groups excluding carboxylic acids is 1. The van der Waals surface area contributed by atoms with Crippen LogP contribution in [-0.2, 0) is 6.54 Å². The molecule has 1 saturated carbocycles. The normalized spacial score (nSPS) is 14.5. The molecular weight excluding hydrogens is 398 g/mol. The summed E-state index contributed by atoms with van der Waals surface area (Å²) in [4.78, 5) is 13.2. The Morgan fingerprint density at radius 2 is 1.97 bits per heavy atom. The zero-order valence-electron chi connectivity index (χ0n) is 17.4. The van der Waals surface area contributed by atoms with Crippen LogP contribution in [-0.4, -0.2) is 23.1 Å². The fraction of sp³-hybridized carbons (Fsp3) is 0.320. The smallest absolute Gasteiger partial charge is 0.268 e. The van der Waals surface area contributed by atoms with E-state index in [4.69, 9.17) is 4.74 Å². The third-order valence-corrected chi connectivity index (χ3v) is 5.77. The maximum Gasteiger partial charge on any atom is 0.268 e. The van der Waals surface area contributed by atoms with E-state index in [0.717, 1.165) is 48.7 Å². The van der Waals surface area contributed by atoms with Crippen LogP contribution in [0.5, 0.6) is 5.75 Å². The van der Waals surface area contributed by atoms with Crippen LogP contribution in [0, 0.1) is 11.6 Å². The Hall–Kier alpha value is -3.15. The summed E-state index contributed by atoms with van der Waals surface area (Å²) in [6.07, 6.45) is 6.95. The first kappa shape index (κ1) is 21.1. The van der Waals surface area contributed by atoms with Gasteiger partial charge in [-0.3, -0.25) is 4.79 Å². The van der Waals surface area contributed by atoms with E-state index in [0.29, 0.717) is 18.1 Å². The van der Waals surface area contributed by atoms with Crippen molar-refractivity contribution in [2.24, 2.45) is 0 Å². The van der Waals surface area contributed by atoms with Crippen molar-refractivity contribution in [1.29, 1.82) is 0 Å². The number of nitrogens with zero attached hydrogens (tertiary/aromatic N) is 1. The molecule has 1 amide bonds. The Balaban J connectivity index is 1.76. The SMILES string of the molecule is C=CCOc1cccc2c1cc(C(=O)NC1CCCCC1)n2Cc1cc(F)ccc1F. The molecular formula is C25H26F2N2O2. The second-order valence-corrected chi connectivity index (χ2v) is 7.95. The molecule has 4 rings (SSSR count). The Bertz CT molecular complexity index is 1100. The van der Waals surface area contributed by atoms with Crippen LogP contribution < -0.4 is 10.1 Å². The van der Waals surface area contributed by atoms with Crippen LogP contribution in [0.4, 0.5) is 8.78 Å². The summed E-state index contributed by atoms with van der Waals surface area (Å²) >= 11 is 0. The molecule has 1 N–H and O–H groups in total. The molecule has 0 saturated heterocycles. The molecule has 1 aliphatic carbocycles. The zero-order valence-corrected chi connectivity index (χ0v) is 17.4. The quantitative estimate of drug-likeness (QED) is 0.502. The minimum absolute atomic E-state index is 0.0332. The van der Waals surface area contributed by atoms with E-state index in [9.17, 15) is 13.6 Å². The molecule has 31 heavy (non-hydrogen) atoms. The number of rotatable bonds is 7. The molecule has 3 aromatic rings. The predicted molar refractivity (Wildman–Crippen MR) is 117 cm³/mol. The number of halogens is 2. The van der Waals surface area contributed by atoms with Gasteiger partial charge in [0.2, 0.25) is 0 Å². The highest BCUT2D eigenvalue weighted by molar-refractivity contribution is 6.00. The summed E-state index contributed by atoms with van der Waals surface area (Å²) < 4.78 is 35.7. The topological polar surface area (TPSA) is 43.3 Å². The molecule has 0 atom stereocenters. The number of benzene rings is 2. The van der Waals surface area contributed by atoms with Gasteiger partial charge >= 0.3 is 0 Å². The third-order valence-electron chi connectivity index (χ3n) is 5.77. The molecule has 1 fully saturated rings. The first-order valence-electron chi connectivity index (χ1n) is 10.7. The highest BCUT2D eigenvalue weighted by Crippen LogP contribution is 2.30. The first-order chi connectivity index (χ1) is 15.1. The number of hydrogen-bond donors (Lipinski definition) is 1. The van der Waals surface area contributed by atoms with Gasteiger partial charge in [0.05, 0.1) is 12.1 Å².